The fourth-order valence-corrected chi connectivity index (χ4v) is 5.27. The number of carbonyl (C=O) groups excluding carboxylic acids is 1. The van der Waals surface area contributed by atoms with Crippen LogP contribution in [-0.4, -0.2) is 35.7 Å². The Morgan fingerprint density at radius 1 is 1.02 bits per heavy atom. The number of nitrogens with zero attached hydrogens (tertiary/aromatic N) is 4. The molecule has 0 bridgehead atoms. The summed E-state index contributed by atoms with van der Waals surface area (Å²) in [5, 5.41) is 15.5. The molecule has 2 N–H and O–H groups in total. The number of aliphatic hydroxyl groups excluding tert-OH is 1. The summed E-state index contributed by atoms with van der Waals surface area (Å²) in [7, 11) is 0. The summed E-state index contributed by atoms with van der Waals surface area (Å²) >= 11 is 0. The average molecular weight is 648 g/mol. The first-order valence-electron chi connectivity index (χ1n) is 14.6. The van der Waals surface area contributed by atoms with Gasteiger partial charge in [0.25, 0.3) is 5.91 Å². The number of ether oxygens (including phenoxy) is 2. The van der Waals surface area contributed by atoms with Crippen LogP contribution in [0.15, 0.2) is 107 Å². The van der Waals surface area contributed by atoms with Crippen LogP contribution in [0.3, 0.4) is 0 Å². The van der Waals surface area contributed by atoms with Crippen molar-refractivity contribution in [3.8, 4) is 5.75 Å². The maximum absolute atomic E-state index is 14.4. The van der Waals surface area contributed by atoms with Crippen LogP contribution < -0.4 is 10.1 Å². The highest BCUT2D eigenvalue weighted by Crippen LogP contribution is 2.45. The zero-order valence-corrected chi connectivity index (χ0v) is 24.8. The summed E-state index contributed by atoms with van der Waals surface area (Å²) in [6.45, 7) is -0.150. The Labute approximate surface area is 267 Å². The largest absolute Gasteiger partial charge is 0.494 e. The van der Waals surface area contributed by atoms with Crippen molar-refractivity contribution in [3.05, 3.63) is 141 Å². The van der Waals surface area contributed by atoms with Gasteiger partial charge in [-0.2, -0.15) is 13.2 Å². The summed E-state index contributed by atoms with van der Waals surface area (Å²) in [5.74, 6) is -1.19. The summed E-state index contributed by atoms with van der Waals surface area (Å²) < 4.78 is 66.4. The minimum absolute atomic E-state index is 0.0161. The third-order valence-corrected chi connectivity index (χ3v) is 7.46. The number of hydrogen-bond acceptors (Lipinski definition) is 6. The lowest BCUT2D eigenvalue weighted by Gasteiger charge is -2.31. The monoisotopic (exact) mass is 647 g/mol. The number of aliphatic imine (C=N–C) groups is 1. The van der Waals surface area contributed by atoms with E-state index < -0.39 is 41.7 Å². The zero-order valence-electron chi connectivity index (χ0n) is 24.8. The van der Waals surface area contributed by atoms with Crippen LogP contribution in [0, 0.1) is 5.82 Å². The Morgan fingerprint density at radius 3 is 2.45 bits per heavy atom. The maximum atomic E-state index is 14.4. The highest BCUT2D eigenvalue weighted by atomic mass is 19.4. The van der Waals surface area contributed by atoms with E-state index in [1.165, 1.54) is 0 Å². The van der Waals surface area contributed by atoms with E-state index in [0.29, 0.717) is 41.5 Å². The second-order valence-electron chi connectivity index (χ2n) is 10.7. The Bertz CT molecular complexity index is 1790. The standard InChI is InChI=1S/C34H29F4N5O4/c35-26-18-23(17-25(19-26)34(36,37)38)21-40-32(45)33(20-22-7-2-1-3-8-22)30(28-9-4-5-10-29(28)42-43-39)47-31(41-33)24-11-13-27(14-12-24)46-16-6-15-44/h1-5,7-14,17-19,30,44H,6,15-16,20-21H2,(H,40,45)/t30-,33-/m1/s1. The molecule has 47 heavy (non-hydrogen) atoms. The van der Waals surface area contributed by atoms with Crippen molar-refractivity contribution in [2.45, 2.75) is 37.2 Å². The van der Waals surface area contributed by atoms with Gasteiger partial charge in [0, 0.05) is 47.7 Å². The Hall–Kier alpha value is -5.39. The average Bonchev–Trinajstić information content (AvgIpc) is 3.44. The molecule has 1 amide bonds. The van der Waals surface area contributed by atoms with Crippen LogP contribution in [0.2, 0.25) is 0 Å². The van der Waals surface area contributed by atoms with Crippen molar-refractivity contribution in [2.75, 3.05) is 13.2 Å². The third-order valence-electron chi connectivity index (χ3n) is 7.46. The van der Waals surface area contributed by atoms with Crippen LogP contribution in [0.5, 0.6) is 5.75 Å². The predicted molar refractivity (Wildman–Crippen MR) is 165 cm³/mol. The molecule has 0 aliphatic carbocycles. The molecule has 9 nitrogen and oxygen atoms in total. The highest BCUT2D eigenvalue weighted by molar-refractivity contribution is 6.01. The maximum Gasteiger partial charge on any atom is 0.416 e. The molecule has 0 saturated heterocycles. The SMILES string of the molecule is [N-]=[N+]=Nc1ccccc1[C@H]1OC(c2ccc(OCCCO)cc2)=N[C@@]1(Cc1ccccc1)C(=O)NCc1cc(F)cc(C(F)(F)F)c1. The molecule has 4 aromatic rings. The van der Waals surface area contributed by atoms with Gasteiger partial charge in [-0.25, -0.2) is 9.38 Å². The molecule has 0 unspecified atom stereocenters. The fourth-order valence-electron chi connectivity index (χ4n) is 5.27. The van der Waals surface area contributed by atoms with E-state index >= 15 is 0 Å². The number of azide groups is 1. The number of halogens is 4. The number of rotatable bonds is 12. The summed E-state index contributed by atoms with van der Waals surface area (Å²) in [4.78, 5) is 22.2. The van der Waals surface area contributed by atoms with Crippen molar-refractivity contribution in [1.29, 1.82) is 0 Å². The summed E-state index contributed by atoms with van der Waals surface area (Å²) in [6, 6.07) is 24.3. The number of aliphatic hydroxyl groups is 1. The smallest absolute Gasteiger partial charge is 0.416 e. The van der Waals surface area contributed by atoms with E-state index in [1.54, 1.807) is 78.9 Å². The van der Waals surface area contributed by atoms with E-state index in [4.69, 9.17) is 19.6 Å². The normalized spacial score (nSPS) is 17.3. The summed E-state index contributed by atoms with van der Waals surface area (Å²) in [6.07, 6.45) is -5.51. The minimum Gasteiger partial charge on any atom is -0.494 e. The Kier molecular flexibility index (Phi) is 10.1. The van der Waals surface area contributed by atoms with Crippen molar-refractivity contribution < 1.29 is 36.9 Å². The molecule has 1 aliphatic rings. The van der Waals surface area contributed by atoms with Gasteiger partial charge in [0.05, 0.1) is 12.2 Å². The molecule has 13 heteroatoms. The number of nitrogens with one attached hydrogen (secondary N) is 1. The first-order valence-corrected chi connectivity index (χ1v) is 14.6. The van der Waals surface area contributed by atoms with Crippen LogP contribution in [0.25, 0.3) is 10.4 Å². The molecule has 0 spiro atoms. The van der Waals surface area contributed by atoms with Gasteiger partial charge in [-0.15, -0.1) is 0 Å². The van der Waals surface area contributed by atoms with Gasteiger partial charge in [-0.05, 0) is 59.1 Å². The third kappa shape index (κ3) is 7.71. The lowest BCUT2D eigenvalue weighted by atomic mass is 9.81. The quantitative estimate of drug-likeness (QED) is 0.0547. The van der Waals surface area contributed by atoms with Gasteiger partial charge in [-0.1, -0.05) is 59.7 Å². The number of hydrogen-bond donors (Lipinski definition) is 2. The van der Waals surface area contributed by atoms with Crippen LogP contribution in [-0.2, 0) is 28.7 Å². The van der Waals surface area contributed by atoms with E-state index in [0.717, 1.165) is 12.1 Å². The highest BCUT2D eigenvalue weighted by Gasteiger charge is 2.53. The van der Waals surface area contributed by atoms with Gasteiger partial charge in [0.15, 0.2) is 11.6 Å². The molecule has 242 valence electrons. The zero-order chi connectivity index (χ0) is 33.4. The molecule has 2 atom stereocenters. The van der Waals surface area contributed by atoms with Gasteiger partial charge in [-0.3, -0.25) is 4.79 Å². The molecule has 1 aliphatic heterocycles. The first kappa shape index (κ1) is 33.0. The van der Waals surface area contributed by atoms with Gasteiger partial charge < -0.3 is 19.9 Å². The van der Waals surface area contributed by atoms with Crippen molar-refractivity contribution >= 4 is 17.5 Å². The number of alkyl halides is 3. The Morgan fingerprint density at radius 2 is 1.74 bits per heavy atom. The molecular formula is C34H29F4N5O4. The van der Waals surface area contributed by atoms with E-state index in [-0.39, 0.29) is 30.2 Å². The molecule has 5 rings (SSSR count). The minimum atomic E-state index is -4.79. The number of benzene rings is 4. The second-order valence-corrected chi connectivity index (χ2v) is 10.7. The molecular weight excluding hydrogens is 618 g/mol. The topological polar surface area (TPSA) is 129 Å². The van der Waals surface area contributed by atoms with Crippen LogP contribution in [0.4, 0.5) is 23.2 Å². The van der Waals surface area contributed by atoms with E-state index in [9.17, 15) is 27.9 Å². The van der Waals surface area contributed by atoms with Gasteiger partial charge >= 0.3 is 6.18 Å². The lowest BCUT2D eigenvalue weighted by Crippen LogP contribution is -2.49. The van der Waals surface area contributed by atoms with E-state index in [1.807, 2.05) is 0 Å². The van der Waals surface area contributed by atoms with Gasteiger partial charge in [0.2, 0.25) is 5.90 Å². The molecule has 1 heterocycles. The molecule has 0 radical (unpaired) electrons. The number of amides is 1. The molecule has 0 aromatic heterocycles. The van der Waals surface area contributed by atoms with Crippen molar-refractivity contribution in [1.82, 2.24) is 5.32 Å². The first-order chi connectivity index (χ1) is 22.6. The molecule has 0 saturated carbocycles. The van der Waals surface area contributed by atoms with Crippen molar-refractivity contribution in [2.24, 2.45) is 10.1 Å². The predicted octanol–water partition coefficient (Wildman–Crippen LogP) is 7.36. The Balaban J connectivity index is 1.59. The van der Waals surface area contributed by atoms with Gasteiger partial charge in [0.1, 0.15) is 11.6 Å². The molecule has 4 aromatic carbocycles. The fraction of sp³-hybridized carbons (Fsp3) is 0.235. The second kappa shape index (κ2) is 14.4. The lowest BCUT2D eigenvalue weighted by molar-refractivity contribution is -0.137. The summed E-state index contributed by atoms with van der Waals surface area (Å²) in [5.41, 5.74) is 7.96. The number of carbonyl (C=O) groups is 1. The van der Waals surface area contributed by atoms with Crippen molar-refractivity contribution in [3.63, 3.8) is 0 Å². The van der Waals surface area contributed by atoms with Crippen LogP contribution in [0.1, 0.15) is 40.3 Å². The van der Waals surface area contributed by atoms with E-state index in [2.05, 4.69) is 15.3 Å². The van der Waals surface area contributed by atoms with Crippen LogP contribution >= 0.6 is 0 Å². The molecule has 0 fully saturated rings.